The number of anilines is 1. The summed E-state index contributed by atoms with van der Waals surface area (Å²) < 4.78 is 3.12. The third-order valence-electron chi connectivity index (χ3n) is 5.50. The number of nitrogens with zero attached hydrogens (tertiary/aromatic N) is 4. The van der Waals surface area contributed by atoms with Gasteiger partial charge in [0.1, 0.15) is 5.82 Å². The van der Waals surface area contributed by atoms with Gasteiger partial charge in [-0.05, 0) is 55.6 Å². The first-order valence-electron chi connectivity index (χ1n) is 9.74. The number of nitrogens with two attached hydrogens (primary N) is 1. The van der Waals surface area contributed by atoms with Crippen LogP contribution < -0.4 is 11.1 Å². The molecule has 1 aromatic carbocycles. The first-order chi connectivity index (χ1) is 14.2. The van der Waals surface area contributed by atoms with Gasteiger partial charge in [0.05, 0.1) is 17.9 Å². The summed E-state index contributed by atoms with van der Waals surface area (Å²) in [6.07, 6.45) is 9.90. The van der Waals surface area contributed by atoms with Gasteiger partial charge in [-0.2, -0.15) is 5.10 Å². The van der Waals surface area contributed by atoms with Crippen LogP contribution in [-0.4, -0.2) is 32.8 Å². The highest BCUT2D eigenvalue weighted by Gasteiger charge is 2.17. The highest BCUT2D eigenvalue weighted by atomic mass is 79.9. The van der Waals surface area contributed by atoms with Gasteiger partial charge in [0.25, 0.3) is 0 Å². The molecule has 1 aliphatic heterocycles. The molecule has 0 spiro atoms. The van der Waals surface area contributed by atoms with E-state index in [4.69, 9.17) is 5.73 Å². The standard InChI is InChI=1S/C22H21BrN6/c23-18-2-1-14-10-26-21(9-15(14)7-18)20-8-16(11-27-22(20)24)17-12-28-29(13-17)19-3-5-25-6-4-19/h1-2,7-13,19,25H,3-6H2,(H2,24,27). The summed E-state index contributed by atoms with van der Waals surface area (Å²) in [5, 5.41) is 10.2. The monoisotopic (exact) mass is 448 g/mol. The van der Waals surface area contributed by atoms with E-state index in [1.165, 1.54) is 0 Å². The van der Waals surface area contributed by atoms with Crippen molar-refractivity contribution in [2.45, 2.75) is 18.9 Å². The molecule has 0 aliphatic carbocycles. The first-order valence-corrected chi connectivity index (χ1v) is 10.5. The van der Waals surface area contributed by atoms with Gasteiger partial charge in [0.15, 0.2) is 0 Å². The zero-order chi connectivity index (χ0) is 19.8. The molecule has 1 fully saturated rings. The Morgan fingerprint density at radius 2 is 1.83 bits per heavy atom. The fourth-order valence-electron chi connectivity index (χ4n) is 3.86. The summed E-state index contributed by atoms with van der Waals surface area (Å²) >= 11 is 3.53. The number of benzene rings is 1. The van der Waals surface area contributed by atoms with E-state index in [-0.39, 0.29) is 0 Å². The van der Waals surface area contributed by atoms with Crippen LogP contribution in [-0.2, 0) is 0 Å². The molecule has 0 saturated carbocycles. The molecular weight excluding hydrogens is 428 g/mol. The minimum atomic E-state index is 0.451. The minimum Gasteiger partial charge on any atom is -0.383 e. The smallest absolute Gasteiger partial charge is 0.132 e. The van der Waals surface area contributed by atoms with Crippen LogP contribution in [0, 0.1) is 0 Å². The summed E-state index contributed by atoms with van der Waals surface area (Å²) in [5.74, 6) is 0.473. The Bertz CT molecular complexity index is 1180. The second kappa shape index (κ2) is 7.57. The average molecular weight is 449 g/mol. The SMILES string of the molecule is Nc1ncc(-c2cnn(C3CCNCC3)c2)cc1-c1cc2cc(Br)ccc2cn1. The van der Waals surface area contributed by atoms with Crippen LogP contribution in [0.5, 0.6) is 0 Å². The summed E-state index contributed by atoms with van der Waals surface area (Å²) in [6, 6.07) is 10.7. The third-order valence-corrected chi connectivity index (χ3v) is 5.99. The van der Waals surface area contributed by atoms with E-state index >= 15 is 0 Å². The van der Waals surface area contributed by atoms with E-state index in [0.29, 0.717) is 11.9 Å². The van der Waals surface area contributed by atoms with Crippen LogP contribution in [0.3, 0.4) is 0 Å². The van der Waals surface area contributed by atoms with Gasteiger partial charge < -0.3 is 11.1 Å². The van der Waals surface area contributed by atoms with Crippen molar-refractivity contribution in [1.82, 2.24) is 25.1 Å². The zero-order valence-corrected chi connectivity index (χ0v) is 17.4. The molecule has 0 amide bonds. The molecule has 5 rings (SSSR count). The lowest BCUT2D eigenvalue weighted by molar-refractivity contribution is 0.343. The van der Waals surface area contributed by atoms with Crippen LogP contribution >= 0.6 is 15.9 Å². The molecule has 4 aromatic rings. The van der Waals surface area contributed by atoms with Crippen molar-refractivity contribution in [3.63, 3.8) is 0 Å². The van der Waals surface area contributed by atoms with Gasteiger partial charge in [0, 0.05) is 45.1 Å². The van der Waals surface area contributed by atoms with E-state index < -0.39 is 0 Å². The van der Waals surface area contributed by atoms with Gasteiger partial charge in [0.2, 0.25) is 0 Å². The highest BCUT2D eigenvalue weighted by molar-refractivity contribution is 9.10. The van der Waals surface area contributed by atoms with Gasteiger partial charge >= 0.3 is 0 Å². The Kier molecular flexibility index (Phi) is 4.77. The molecule has 0 unspecified atom stereocenters. The normalized spacial score (nSPS) is 15.1. The quantitative estimate of drug-likeness (QED) is 0.484. The number of rotatable bonds is 3. The van der Waals surface area contributed by atoms with Crippen LogP contribution in [0.25, 0.3) is 33.2 Å². The van der Waals surface area contributed by atoms with E-state index in [2.05, 4.69) is 65.4 Å². The van der Waals surface area contributed by atoms with Crippen molar-refractivity contribution in [3.8, 4) is 22.4 Å². The topological polar surface area (TPSA) is 81.6 Å². The molecule has 1 aliphatic rings. The minimum absolute atomic E-state index is 0.451. The molecule has 0 atom stereocenters. The number of hydrogen-bond acceptors (Lipinski definition) is 5. The Labute approximate surface area is 177 Å². The lowest BCUT2D eigenvalue weighted by Gasteiger charge is -2.22. The van der Waals surface area contributed by atoms with Crippen molar-refractivity contribution in [3.05, 3.63) is 59.6 Å². The summed E-state index contributed by atoms with van der Waals surface area (Å²) in [5.41, 5.74) is 9.89. The largest absolute Gasteiger partial charge is 0.383 e. The lowest BCUT2D eigenvalue weighted by Crippen LogP contribution is -2.29. The molecule has 0 bridgehead atoms. The number of aromatic nitrogens is 4. The first kappa shape index (κ1) is 18.3. The second-order valence-corrected chi connectivity index (χ2v) is 8.32. The maximum atomic E-state index is 6.21. The molecule has 1 saturated heterocycles. The molecule has 7 heteroatoms. The van der Waals surface area contributed by atoms with E-state index in [9.17, 15) is 0 Å². The van der Waals surface area contributed by atoms with Gasteiger partial charge in [-0.25, -0.2) is 4.98 Å². The molecule has 146 valence electrons. The fraction of sp³-hybridized carbons (Fsp3) is 0.227. The summed E-state index contributed by atoms with van der Waals surface area (Å²) in [4.78, 5) is 9.05. The highest BCUT2D eigenvalue weighted by Crippen LogP contribution is 2.31. The van der Waals surface area contributed by atoms with E-state index in [1.54, 1.807) is 6.20 Å². The Balaban J connectivity index is 1.51. The summed E-state index contributed by atoms with van der Waals surface area (Å²) in [6.45, 7) is 2.08. The molecule has 4 heterocycles. The molecule has 3 aromatic heterocycles. The van der Waals surface area contributed by atoms with Gasteiger partial charge in [-0.15, -0.1) is 0 Å². The van der Waals surface area contributed by atoms with Crippen LogP contribution in [0.15, 0.2) is 59.6 Å². The molecule has 3 N–H and O–H groups in total. The number of fused-ring (bicyclic) bond motifs is 1. The second-order valence-electron chi connectivity index (χ2n) is 7.41. The predicted molar refractivity (Wildman–Crippen MR) is 119 cm³/mol. The van der Waals surface area contributed by atoms with Crippen molar-refractivity contribution in [2.24, 2.45) is 0 Å². The zero-order valence-electron chi connectivity index (χ0n) is 15.8. The fourth-order valence-corrected chi connectivity index (χ4v) is 4.23. The molecular formula is C22H21BrN6. The maximum absolute atomic E-state index is 6.21. The Hall–Kier alpha value is -2.77. The van der Waals surface area contributed by atoms with Gasteiger partial charge in [-0.3, -0.25) is 9.67 Å². The number of nitrogen functional groups attached to an aromatic ring is 1. The molecule has 6 nitrogen and oxygen atoms in total. The van der Waals surface area contributed by atoms with Crippen LogP contribution in [0.1, 0.15) is 18.9 Å². The molecule has 0 radical (unpaired) electrons. The third kappa shape index (κ3) is 3.63. The van der Waals surface area contributed by atoms with Crippen LogP contribution in [0.4, 0.5) is 5.82 Å². The van der Waals surface area contributed by atoms with Crippen molar-refractivity contribution in [1.29, 1.82) is 0 Å². The molecule has 29 heavy (non-hydrogen) atoms. The number of pyridine rings is 2. The van der Waals surface area contributed by atoms with Crippen molar-refractivity contribution in [2.75, 3.05) is 18.8 Å². The maximum Gasteiger partial charge on any atom is 0.132 e. The van der Waals surface area contributed by atoms with Crippen LogP contribution in [0.2, 0.25) is 0 Å². The number of piperidine rings is 1. The van der Waals surface area contributed by atoms with Crippen molar-refractivity contribution >= 4 is 32.5 Å². The Morgan fingerprint density at radius 1 is 0.966 bits per heavy atom. The summed E-state index contributed by atoms with van der Waals surface area (Å²) in [7, 11) is 0. The number of hydrogen-bond donors (Lipinski definition) is 2. The number of nitrogens with one attached hydrogen (secondary N) is 1. The van der Waals surface area contributed by atoms with E-state index in [1.807, 2.05) is 24.5 Å². The van der Waals surface area contributed by atoms with Gasteiger partial charge in [-0.1, -0.05) is 22.0 Å². The number of halogens is 1. The van der Waals surface area contributed by atoms with E-state index in [0.717, 1.165) is 63.6 Å². The average Bonchev–Trinajstić information content (AvgIpc) is 3.24. The van der Waals surface area contributed by atoms with Crippen molar-refractivity contribution < 1.29 is 0 Å². The predicted octanol–water partition coefficient (Wildman–Crippen LogP) is 4.43. The Morgan fingerprint density at radius 3 is 2.69 bits per heavy atom. The lowest BCUT2D eigenvalue weighted by atomic mass is 10.0.